The Morgan fingerprint density at radius 1 is 1.18 bits per heavy atom. The number of methoxy groups -OCH3 is 1. The van der Waals surface area contributed by atoms with E-state index in [9.17, 15) is 18.4 Å². The lowest BCUT2D eigenvalue weighted by Crippen LogP contribution is -2.28. The number of hydrogen-bond donors (Lipinski definition) is 3. The van der Waals surface area contributed by atoms with Gasteiger partial charge in [0.25, 0.3) is 5.91 Å². The summed E-state index contributed by atoms with van der Waals surface area (Å²) in [6.45, 7) is 2.16. The van der Waals surface area contributed by atoms with Crippen LogP contribution in [0.1, 0.15) is 23.7 Å². The second-order valence-electron chi connectivity index (χ2n) is 7.44. The van der Waals surface area contributed by atoms with Gasteiger partial charge in [-0.25, -0.2) is 13.6 Å². The number of carbonyl (C=O) groups excluding carboxylic acids is 2. The van der Waals surface area contributed by atoms with Crippen LogP contribution in [-0.2, 0) is 0 Å². The van der Waals surface area contributed by atoms with Crippen molar-refractivity contribution in [2.45, 2.75) is 25.6 Å². The van der Waals surface area contributed by atoms with E-state index < -0.39 is 30.0 Å². The maximum Gasteiger partial charge on any atom is 0.319 e. The van der Waals surface area contributed by atoms with E-state index in [-0.39, 0.29) is 29.2 Å². The van der Waals surface area contributed by atoms with E-state index in [1.807, 2.05) is 0 Å². The molecule has 1 aliphatic carbocycles. The summed E-state index contributed by atoms with van der Waals surface area (Å²) in [5, 5.41) is 8.04. The molecule has 1 aliphatic rings. The third-order valence-electron chi connectivity index (χ3n) is 5.05. The van der Waals surface area contributed by atoms with Crippen molar-refractivity contribution in [3.8, 4) is 17.2 Å². The molecule has 3 N–H and O–H groups in total. The molecule has 2 unspecified atom stereocenters. The average molecular weight is 456 g/mol. The number of nitrogens with one attached hydrogen (secondary N) is 3. The van der Waals surface area contributed by atoms with Crippen molar-refractivity contribution >= 4 is 28.5 Å². The first-order valence-corrected chi connectivity index (χ1v) is 10.3. The summed E-state index contributed by atoms with van der Waals surface area (Å²) in [6, 6.07) is 7.70. The number of fused-ring (bicyclic) bond motifs is 1. The summed E-state index contributed by atoms with van der Waals surface area (Å²) in [4.78, 5) is 28.5. The highest BCUT2D eigenvalue weighted by Crippen LogP contribution is 2.34. The number of pyridine rings is 1. The normalized spacial score (nSPS) is 16.7. The van der Waals surface area contributed by atoms with Crippen molar-refractivity contribution in [1.82, 2.24) is 15.6 Å². The molecule has 10 heteroatoms. The van der Waals surface area contributed by atoms with Gasteiger partial charge >= 0.3 is 6.03 Å². The number of ether oxygens (including phenoxy) is 2. The molecule has 33 heavy (non-hydrogen) atoms. The molecule has 3 amide bonds. The van der Waals surface area contributed by atoms with E-state index in [1.165, 1.54) is 25.4 Å². The minimum absolute atomic E-state index is 0.00261. The largest absolute Gasteiger partial charge is 0.496 e. The molecule has 0 bridgehead atoms. The Kier molecular flexibility index (Phi) is 6.25. The molecular formula is C23H22F2N4O4. The summed E-state index contributed by atoms with van der Waals surface area (Å²) < 4.78 is 38.9. The smallest absolute Gasteiger partial charge is 0.319 e. The summed E-state index contributed by atoms with van der Waals surface area (Å²) in [7, 11) is 1.42. The fourth-order valence-corrected chi connectivity index (χ4v) is 3.26. The van der Waals surface area contributed by atoms with Crippen LogP contribution in [0.15, 0.2) is 42.6 Å². The minimum atomic E-state index is -1.04. The number of urea groups is 1. The van der Waals surface area contributed by atoms with Crippen molar-refractivity contribution in [3.05, 3.63) is 54.0 Å². The van der Waals surface area contributed by atoms with Crippen molar-refractivity contribution in [3.63, 3.8) is 0 Å². The van der Waals surface area contributed by atoms with Crippen molar-refractivity contribution in [1.29, 1.82) is 0 Å². The maximum atomic E-state index is 14.5. The monoisotopic (exact) mass is 456 g/mol. The highest BCUT2D eigenvalue weighted by atomic mass is 19.1. The molecule has 0 radical (unpaired) electrons. The average Bonchev–Trinajstić information content (AvgIpc) is 3.49. The van der Waals surface area contributed by atoms with Crippen LogP contribution in [0.25, 0.3) is 10.9 Å². The van der Waals surface area contributed by atoms with Gasteiger partial charge in [-0.3, -0.25) is 9.78 Å². The first-order chi connectivity index (χ1) is 15.9. The van der Waals surface area contributed by atoms with Crippen molar-refractivity contribution in [2.24, 2.45) is 0 Å². The number of anilines is 1. The number of amides is 3. The second-order valence-corrected chi connectivity index (χ2v) is 7.44. The Morgan fingerprint density at radius 2 is 1.97 bits per heavy atom. The Balaban J connectivity index is 1.62. The van der Waals surface area contributed by atoms with E-state index >= 15 is 0 Å². The second kappa shape index (κ2) is 9.27. The van der Waals surface area contributed by atoms with Gasteiger partial charge in [0.15, 0.2) is 0 Å². The number of rotatable bonds is 7. The predicted molar refractivity (Wildman–Crippen MR) is 118 cm³/mol. The zero-order valence-electron chi connectivity index (χ0n) is 17.9. The van der Waals surface area contributed by atoms with Crippen LogP contribution in [0, 0.1) is 5.82 Å². The number of nitrogens with zero attached hydrogens (tertiary/aromatic N) is 1. The predicted octanol–water partition coefficient (Wildman–Crippen LogP) is 4.16. The molecule has 1 heterocycles. The molecule has 2 atom stereocenters. The molecule has 4 rings (SSSR count). The van der Waals surface area contributed by atoms with Crippen molar-refractivity contribution in [2.75, 3.05) is 19.0 Å². The number of hydrogen-bond acceptors (Lipinski definition) is 5. The Morgan fingerprint density at radius 3 is 2.64 bits per heavy atom. The molecule has 0 saturated heterocycles. The molecule has 8 nitrogen and oxygen atoms in total. The van der Waals surface area contributed by atoms with Gasteiger partial charge in [0.05, 0.1) is 29.9 Å². The van der Waals surface area contributed by atoms with Gasteiger partial charge in [0, 0.05) is 36.7 Å². The number of alkyl halides is 1. The zero-order chi connectivity index (χ0) is 23.5. The van der Waals surface area contributed by atoms with Crippen molar-refractivity contribution < 1.29 is 27.8 Å². The third kappa shape index (κ3) is 4.94. The van der Waals surface area contributed by atoms with E-state index in [4.69, 9.17) is 9.47 Å². The van der Waals surface area contributed by atoms with Crippen LogP contribution in [-0.4, -0.2) is 42.8 Å². The van der Waals surface area contributed by atoms with Gasteiger partial charge in [0.1, 0.15) is 29.2 Å². The summed E-state index contributed by atoms with van der Waals surface area (Å²) in [5.41, 5.74) is 0.697. The summed E-state index contributed by atoms with van der Waals surface area (Å²) in [6.07, 6.45) is 0.755. The number of carbonyl (C=O) groups is 2. The van der Waals surface area contributed by atoms with Gasteiger partial charge in [-0.1, -0.05) is 0 Å². The molecule has 1 fully saturated rings. The standard InChI is InChI=1S/C23H22F2N4O4/c1-3-26-23(31)29-17-5-4-12(8-15(17)24)33-20-6-7-27-18-11-21(32-2)14(9-13(18)20)22(30)28-19-10-16(19)25/h4-9,11,16,19H,3,10H2,1-2H3,(H,28,30)(H2,26,29,31). The molecule has 2 aromatic carbocycles. The van der Waals surface area contributed by atoms with Crippen LogP contribution in [0.2, 0.25) is 0 Å². The SMILES string of the molecule is CCNC(=O)Nc1ccc(Oc2ccnc3cc(OC)c(C(=O)NC4CC4F)cc23)cc1F. The molecule has 0 spiro atoms. The highest BCUT2D eigenvalue weighted by molar-refractivity contribution is 6.02. The molecule has 1 saturated carbocycles. The lowest BCUT2D eigenvalue weighted by atomic mass is 10.1. The fraction of sp³-hybridized carbons (Fsp3) is 0.261. The minimum Gasteiger partial charge on any atom is -0.496 e. The lowest BCUT2D eigenvalue weighted by Gasteiger charge is -2.14. The topological polar surface area (TPSA) is 102 Å². The first-order valence-electron chi connectivity index (χ1n) is 10.3. The van der Waals surface area contributed by atoms with Gasteiger partial charge in [0.2, 0.25) is 0 Å². The summed E-state index contributed by atoms with van der Waals surface area (Å²) in [5.74, 6) is -0.353. The molecule has 0 aliphatic heterocycles. The van der Waals surface area contributed by atoms with Gasteiger partial charge in [-0.15, -0.1) is 0 Å². The fourth-order valence-electron chi connectivity index (χ4n) is 3.26. The van der Waals surface area contributed by atoms with E-state index in [0.717, 1.165) is 6.07 Å². The van der Waals surface area contributed by atoms with Crippen LogP contribution in [0.5, 0.6) is 17.2 Å². The molecule has 3 aromatic rings. The number of benzene rings is 2. The van der Waals surface area contributed by atoms with Crippen LogP contribution in [0.3, 0.4) is 0 Å². The van der Waals surface area contributed by atoms with Gasteiger partial charge < -0.3 is 25.4 Å². The Bertz CT molecular complexity index is 1220. The lowest BCUT2D eigenvalue weighted by molar-refractivity contribution is 0.0944. The van der Waals surface area contributed by atoms with Crippen LogP contribution >= 0.6 is 0 Å². The Hall–Kier alpha value is -3.95. The first kappa shape index (κ1) is 22.3. The molecular weight excluding hydrogens is 434 g/mol. The van der Waals surface area contributed by atoms with Gasteiger partial charge in [-0.05, 0) is 31.2 Å². The zero-order valence-corrected chi connectivity index (χ0v) is 17.9. The Labute approximate surface area is 188 Å². The van der Waals surface area contributed by atoms with E-state index in [2.05, 4.69) is 20.9 Å². The molecule has 172 valence electrons. The highest BCUT2D eigenvalue weighted by Gasteiger charge is 2.39. The van der Waals surface area contributed by atoms with Gasteiger partial charge in [-0.2, -0.15) is 0 Å². The number of halogens is 2. The van der Waals surface area contributed by atoms with E-state index in [1.54, 1.807) is 25.1 Å². The summed E-state index contributed by atoms with van der Waals surface area (Å²) >= 11 is 0. The molecule has 1 aromatic heterocycles. The van der Waals surface area contributed by atoms with E-state index in [0.29, 0.717) is 23.2 Å². The number of aromatic nitrogens is 1. The quantitative estimate of drug-likeness (QED) is 0.496. The van der Waals surface area contributed by atoms with Crippen LogP contribution < -0.4 is 25.4 Å². The van der Waals surface area contributed by atoms with Crippen LogP contribution in [0.4, 0.5) is 19.3 Å². The maximum absolute atomic E-state index is 14.5. The third-order valence-corrected chi connectivity index (χ3v) is 5.05.